The van der Waals surface area contributed by atoms with Crippen molar-refractivity contribution in [3.05, 3.63) is 21.9 Å². The fourth-order valence-electron chi connectivity index (χ4n) is 1.80. The summed E-state index contributed by atoms with van der Waals surface area (Å²) in [5, 5.41) is 4.85. The molecule has 4 heteroatoms. The molecule has 0 saturated heterocycles. The highest BCUT2D eigenvalue weighted by atomic mass is 32.1. The van der Waals surface area contributed by atoms with Gasteiger partial charge in [-0.1, -0.05) is 0 Å². The number of amides is 2. The Bertz CT molecular complexity index is 321. The first-order chi connectivity index (χ1) is 6.27. The first kappa shape index (κ1) is 8.56. The first-order valence-electron chi connectivity index (χ1n) is 4.39. The summed E-state index contributed by atoms with van der Waals surface area (Å²) in [5.41, 5.74) is 6.47. The molecular weight excluding hydrogens is 184 g/mol. The zero-order valence-electron chi connectivity index (χ0n) is 7.25. The molecule has 0 unspecified atom stereocenters. The Morgan fingerprint density at radius 3 is 3.31 bits per heavy atom. The third kappa shape index (κ3) is 1.67. The molecule has 1 aliphatic rings. The van der Waals surface area contributed by atoms with E-state index in [0.29, 0.717) is 0 Å². The number of urea groups is 1. The summed E-state index contributed by atoms with van der Waals surface area (Å²) < 4.78 is 0. The number of rotatable bonds is 1. The predicted octanol–water partition coefficient (Wildman–Crippen LogP) is 1.79. The molecule has 1 aromatic rings. The van der Waals surface area contributed by atoms with Crippen molar-refractivity contribution in [1.29, 1.82) is 0 Å². The molecule has 0 fully saturated rings. The smallest absolute Gasteiger partial charge is 0.312 e. The van der Waals surface area contributed by atoms with Crippen LogP contribution in [0.2, 0.25) is 0 Å². The van der Waals surface area contributed by atoms with Crippen LogP contribution < -0.4 is 11.1 Å². The fraction of sp³-hybridized carbons (Fsp3) is 0.444. The van der Waals surface area contributed by atoms with E-state index < -0.39 is 6.03 Å². The number of thiophene rings is 1. The van der Waals surface area contributed by atoms with E-state index in [9.17, 15) is 4.79 Å². The van der Waals surface area contributed by atoms with E-state index in [1.807, 2.05) is 0 Å². The van der Waals surface area contributed by atoms with Gasteiger partial charge in [-0.3, -0.25) is 0 Å². The van der Waals surface area contributed by atoms with Gasteiger partial charge in [0.15, 0.2) is 0 Å². The van der Waals surface area contributed by atoms with Gasteiger partial charge in [-0.05, 0) is 36.3 Å². The van der Waals surface area contributed by atoms with Crippen molar-refractivity contribution in [3.63, 3.8) is 0 Å². The van der Waals surface area contributed by atoms with Gasteiger partial charge in [-0.2, -0.15) is 0 Å². The number of primary amides is 1. The van der Waals surface area contributed by atoms with Crippen LogP contribution in [0.1, 0.15) is 29.3 Å². The molecule has 2 amide bonds. The van der Waals surface area contributed by atoms with E-state index in [1.54, 1.807) is 11.3 Å². The van der Waals surface area contributed by atoms with E-state index in [-0.39, 0.29) is 6.04 Å². The molecule has 0 spiro atoms. The van der Waals surface area contributed by atoms with Crippen LogP contribution in [0.15, 0.2) is 11.4 Å². The topological polar surface area (TPSA) is 55.1 Å². The minimum atomic E-state index is -0.425. The third-order valence-electron chi connectivity index (χ3n) is 2.35. The Morgan fingerprint density at radius 1 is 1.69 bits per heavy atom. The van der Waals surface area contributed by atoms with Crippen LogP contribution in [0.4, 0.5) is 4.79 Å². The van der Waals surface area contributed by atoms with Gasteiger partial charge in [0.1, 0.15) is 0 Å². The number of nitrogens with one attached hydrogen (secondary N) is 1. The molecule has 1 aliphatic carbocycles. The second kappa shape index (κ2) is 3.38. The summed E-state index contributed by atoms with van der Waals surface area (Å²) in [6.45, 7) is 0. The Hall–Kier alpha value is -1.03. The summed E-state index contributed by atoms with van der Waals surface area (Å²) in [5.74, 6) is 0. The lowest BCUT2D eigenvalue weighted by Gasteiger charge is -2.22. The number of nitrogens with two attached hydrogens (primary N) is 1. The average Bonchev–Trinajstić information content (AvgIpc) is 2.51. The Morgan fingerprint density at radius 2 is 2.54 bits per heavy atom. The van der Waals surface area contributed by atoms with Gasteiger partial charge in [-0.15, -0.1) is 11.3 Å². The first-order valence-corrected chi connectivity index (χ1v) is 5.27. The summed E-state index contributed by atoms with van der Waals surface area (Å²) >= 11 is 1.71. The normalized spacial score (nSPS) is 20.8. The molecule has 13 heavy (non-hydrogen) atoms. The molecule has 3 nitrogen and oxygen atoms in total. The van der Waals surface area contributed by atoms with Gasteiger partial charge in [0.05, 0.1) is 6.04 Å². The lowest BCUT2D eigenvalue weighted by atomic mass is 9.95. The number of hydrogen-bond donors (Lipinski definition) is 2. The highest BCUT2D eigenvalue weighted by Crippen LogP contribution is 2.33. The number of fused-ring (bicyclic) bond motifs is 1. The molecule has 0 radical (unpaired) electrons. The SMILES string of the molecule is NC(=O)N[C@@H]1CCCc2ccsc21. The Labute approximate surface area is 80.9 Å². The molecule has 0 bridgehead atoms. The second-order valence-corrected chi connectivity index (χ2v) is 4.21. The maximum absolute atomic E-state index is 10.7. The van der Waals surface area contributed by atoms with Gasteiger partial charge in [-0.25, -0.2) is 4.79 Å². The summed E-state index contributed by atoms with van der Waals surface area (Å²) in [4.78, 5) is 12.0. The molecule has 0 aliphatic heterocycles. The van der Waals surface area contributed by atoms with Gasteiger partial charge < -0.3 is 11.1 Å². The van der Waals surface area contributed by atoms with Crippen molar-refractivity contribution in [3.8, 4) is 0 Å². The van der Waals surface area contributed by atoms with Crippen molar-refractivity contribution in [2.45, 2.75) is 25.3 Å². The van der Waals surface area contributed by atoms with Crippen molar-refractivity contribution >= 4 is 17.4 Å². The number of aryl methyl sites for hydroxylation is 1. The molecule has 0 saturated carbocycles. The minimum Gasteiger partial charge on any atom is -0.352 e. The van der Waals surface area contributed by atoms with Crippen LogP contribution in [0.5, 0.6) is 0 Å². The highest BCUT2D eigenvalue weighted by Gasteiger charge is 2.21. The summed E-state index contributed by atoms with van der Waals surface area (Å²) in [7, 11) is 0. The van der Waals surface area contributed by atoms with Crippen LogP contribution in [-0.4, -0.2) is 6.03 Å². The van der Waals surface area contributed by atoms with Gasteiger partial charge in [0, 0.05) is 4.88 Å². The van der Waals surface area contributed by atoms with Crippen molar-refractivity contribution in [2.75, 3.05) is 0 Å². The maximum Gasteiger partial charge on any atom is 0.312 e. The van der Waals surface area contributed by atoms with Crippen molar-refractivity contribution in [2.24, 2.45) is 5.73 Å². The number of carbonyl (C=O) groups excluding carboxylic acids is 1. The summed E-state index contributed by atoms with van der Waals surface area (Å²) in [6.07, 6.45) is 3.28. The number of carbonyl (C=O) groups is 1. The van der Waals surface area contributed by atoms with E-state index in [4.69, 9.17) is 5.73 Å². The maximum atomic E-state index is 10.7. The highest BCUT2D eigenvalue weighted by molar-refractivity contribution is 7.10. The van der Waals surface area contributed by atoms with E-state index in [2.05, 4.69) is 16.8 Å². The zero-order valence-corrected chi connectivity index (χ0v) is 8.06. The molecule has 70 valence electrons. The van der Waals surface area contributed by atoms with Crippen LogP contribution in [0.25, 0.3) is 0 Å². The van der Waals surface area contributed by atoms with Crippen molar-refractivity contribution < 1.29 is 4.79 Å². The number of hydrogen-bond acceptors (Lipinski definition) is 2. The monoisotopic (exact) mass is 196 g/mol. The van der Waals surface area contributed by atoms with Crippen LogP contribution in [0, 0.1) is 0 Å². The Kier molecular flexibility index (Phi) is 2.22. The van der Waals surface area contributed by atoms with Crippen LogP contribution in [-0.2, 0) is 6.42 Å². The quantitative estimate of drug-likeness (QED) is 0.707. The lowest BCUT2D eigenvalue weighted by Crippen LogP contribution is -2.34. The van der Waals surface area contributed by atoms with E-state index in [0.717, 1.165) is 19.3 Å². The molecule has 1 heterocycles. The van der Waals surface area contributed by atoms with Crippen LogP contribution in [0.3, 0.4) is 0 Å². The molecule has 1 atom stereocenters. The van der Waals surface area contributed by atoms with Crippen LogP contribution >= 0.6 is 11.3 Å². The Balaban J connectivity index is 2.20. The molecule has 0 aromatic carbocycles. The average molecular weight is 196 g/mol. The molecular formula is C9H12N2OS. The van der Waals surface area contributed by atoms with Crippen molar-refractivity contribution in [1.82, 2.24) is 5.32 Å². The van der Waals surface area contributed by atoms with Gasteiger partial charge in [0.2, 0.25) is 0 Å². The fourth-order valence-corrected chi connectivity index (χ4v) is 2.84. The third-order valence-corrected chi connectivity index (χ3v) is 3.43. The molecule has 1 aromatic heterocycles. The van der Waals surface area contributed by atoms with Gasteiger partial charge in [0.25, 0.3) is 0 Å². The second-order valence-electron chi connectivity index (χ2n) is 3.26. The van der Waals surface area contributed by atoms with E-state index >= 15 is 0 Å². The summed E-state index contributed by atoms with van der Waals surface area (Å²) in [6, 6.07) is 1.86. The van der Waals surface area contributed by atoms with E-state index in [1.165, 1.54) is 10.4 Å². The lowest BCUT2D eigenvalue weighted by molar-refractivity contribution is 0.244. The van der Waals surface area contributed by atoms with Gasteiger partial charge >= 0.3 is 6.03 Å². The minimum absolute atomic E-state index is 0.154. The zero-order chi connectivity index (χ0) is 9.26. The predicted molar refractivity (Wildman–Crippen MR) is 52.7 cm³/mol. The molecule has 3 N–H and O–H groups in total. The standard InChI is InChI=1S/C9H12N2OS/c10-9(12)11-7-3-1-2-6-4-5-13-8(6)7/h4-5,7H,1-3H2,(H3,10,11,12)/t7-/m1/s1. The molecule has 2 rings (SSSR count). The largest absolute Gasteiger partial charge is 0.352 e.